The molecule has 0 saturated heterocycles. The van der Waals surface area contributed by atoms with Gasteiger partial charge in [-0.1, -0.05) is 51.8 Å². The molecule has 1 atom stereocenters. The molecule has 2 aromatic carbocycles. The van der Waals surface area contributed by atoms with Crippen molar-refractivity contribution in [1.82, 2.24) is 0 Å². The van der Waals surface area contributed by atoms with E-state index in [1.807, 2.05) is 6.07 Å². The van der Waals surface area contributed by atoms with Gasteiger partial charge in [0.05, 0.1) is 18.0 Å². The predicted octanol–water partition coefficient (Wildman–Crippen LogP) is 4.50. The largest absolute Gasteiger partial charge is 0.380 e. The van der Waals surface area contributed by atoms with Crippen molar-refractivity contribution in [3.8, 4) is 0 Å². The first-order chi connectivity index (χ1) is 8.27. The van der Waals surface area contributed by atoms with Gasteiger partial charge in [-0.15, -0.1) is 0 Å². The molecule has 1 nitrogen and oxygen atoms in total. The topological polar surface area (TPSA) is 9.23 Å². The van der Waals surface area contributed by atoms with Crippen LogP contribution in [-0.2, 0) is 11.2 Å². The van der Waals surface area contributed by atoms with Gasteiger partial charge in [0, 0.05) is 10.4 Å². The number of alkyl halides is 1. The van der Waals surface area contributed by atoms with E-state index < -0.39 is 0 Å². The summed E-state index contributed by atoms with van der Waals surface area (Å²) in [6.07, 6.45) is 0.953. The number of benzene rings is 2. The lowest BCUT2D eigenvalue weighted by Gasteiger charge is -2.14. The lowest BCUT2D eigenvalue weighted by molar-refractivity contribution is 0.146. The van der Waals surface area contributed by atoms with Crippen LogP contribution in [0.3, 0.4) is 0 Å². The minimum Gasteiger partial charge on any atom is -0.380 e. The van der Waals surface area contributed by atoms with Crippen molar-refractivity contribution in [3.63, 3.8) is 0 Å². The fraction of sp³-hybridized carbons (Fsp3) is 0.286. The van der Waals surface area contributed by atoms with E-state index in [4.69, 9.17) is 16.3 Å². The molecule has 3 heteroatoms. The summed E-state index contributed by atoms with van der Waals surface area (Å²) in [5.74, 6) is 0. The van der Waals surface area contributed by atoms with Crippen molar-refractivity contribution in [2.75, 3.05) is 13.2 Å². The van der Waals surface area contributed by atoms with Gasteiger partial charge in [-0.25, -0.2) is 0 Å². The van der Waals surface area contributed by atoms with E-state index in [1.165, 1.54) is 16.5 Å². The van der Waals surface area contributed by atoms with Gasteiger partial charge in [0.15, 0.2) is 0 Å². The minimum atomic E-state index is 0.238. The lowest BCUT2D eigenvalue weighted by Crippen LogP contribution is -1.98. The van der Waals surface area contributed by atoms with E-state index in [0.29, 0.717) is 6.61 Å². The Hall–Kier alpha value is -0.570. The molecular formula is C14H12BrClO. The zero-order valence-electron chi connectivity index (χ0n) is 9.25. The maximum atomic E-state index is 6.35. The average molecular weight is 312 g/mol. The Morgan fingerprint density at radius 1 is 1.24 bits per heavy atom. The molecule has 0 amide bonds. The number of hydrogen-bond acceptors (Lipinski definition) is 1. The maximum Gasteiger partial charge on any atom is 0.0632 e. The summed E-state index contributed by atoms with van der Waals surface area (Å²) in [6, 6.07) is 10.4. The van der Waals surface area contributed by atoms with E-state index in [2.05, 4.69) is 40.2 Å². The van der Waals surface area contributed by atoms with Crippen LogP contribution in [0.2, 0.25) is 5.02 Å². The van der Waals surface area contributed by atoms with E-state index in [9.17, 15) is 0 Å². The molecule has 1 heterocycles. The zero-order valence-corrected chi connectivity index (χ0v) is 11.6. The summed E-state index contributed by atoms with van der Waals surface area (Å²) in [6.45, 7) is 1.49. The number of hydrogen-bond donors (Lipinski definition) is 0. The minimum absolute atomic E-state index is 0.238. The predicted molar refractivity (Wildman–Crippen MR) is 75.1 cm³/mol. The van der Waals surface area contributed by atoms with Crippen LogP contribution >= 0.6 is 27.5 Å². The van der Waals surface area contributed by atoms with Crippen LogP contribution in [0.4, 0.5) is 0 Å². The Balaban J connectivity index is 2.34. The first kappa shape index (κ1) is 11.5. The summed E-state index contributed by atoms with van der Waals surface area (Å²) >= 11 is 10.0. The van der Waals surface area contributed by atoms with Gasteiger partial charge in [0.2, 0.25) is 0 Å². The number of halogens is 2. The van der Waals surface area contributed by atoms with Crippen molar-refractivity contribution in [2.45, 2.75) is 11.2 Å². The fourth-order valence-electron chi connectivity index (χ4n) is 2.42. The van der Waals surface area contributed by atoms with Crippen molar-refractivity contribution >= 4 is 38.3 Å². The standard InChI is InChI=1S/C14H12BrClO/c15-13-8-17-6-5-10-9-3-1-2-4-11(9)14(16)7-12(10)13/h1-4,7,13H,5-6,8H2. The molecule has 0 aliphatic carbocycles. The van der Waals surface area contributed by atoms with Crippen LogP contribution in [0.5, 0.6) is 0 Å². The Morgan fingerprint density at radius 2 is 2.00 bits per heavy atom. The van der Waals surface area contributed by atoms with Crippen molar-refractivity contribution in [3.05, 3.63) is 46.5 Å². The lowest BCUT2D eigenvalue weighted by atomic mass is 9.95. The Morgan fingerprint density at radius 3 is 2.82 bits per heavy atom. The highest BCUT2D eigenvalue weighted by Crippen LogP contribution is 2.37. The normalized spacial score (nSPS) is 20.0. The van der Waals surface area contributed by atoms with Crippen molar-refractivity contribution in [1.29, 1.82) is 0 Å². The van der Waals surface area contributed by atoms with Gasteiger partial charge in [0.1, 0.15) is 0 Å². The summed E-state index contributed by atoms with van der Waals surface area (Å²) < 4.78 is 5.59. The number of ether oxygens (including phenoxy) is 1. The summed E-state index contributed by atoms with van der Waals surface area (Å²) in [4.78, 5) is 0.238. The quantitative estimate of drug-likeness (QED) is 0.651. The third kappa shape index (κ3) is 1.99. The maximum absolute atomic E-state index is 6.35. The molecule has 17 heavy (non-hydrogen) atoms. The van der Waals surface area contributed by atoms with Crippen LogP contribution in [0, 0.1) is 0 Å². The SMILES string of the molecule is Clc1cc2c(c3ccccc13)CCOCC2Br. The molecular weight excluding hydrogens is 300 g/mol. The third-order valence-electron chi connectivity index (χ3n) is 3.24. The Kier molecular flexibility index (Phi) is 3.12. The molecule has 1 aliphatic rings. The van der Waals surface area contributed by atoms with Crippen LogP contribution in [0.25, 0.3) is 10.8 Å². The highest BCUT2D eigenvalue weighted by molar-refractivity contribution is 9.09. The third-order valence-corrected chi connectivity index (χ3v) is 4.31. The highest BCUT2D eigenvalue weighted by Gasteiger charge is 2.19. The second kappa shape index (κ2) is 4.60. The van der Waals surface area contributed by atoms with Crippen LogP contribution < -0.4 is 0 Å². The first-order valence-electron chi connectivity index (χ1n) is 5.69. The van der Waals surface area contributed by atoms with Gasteiger partial charge in [0.25, 0.3) is 0 Å². The summed E-state index contributed by atoms with van der Waals surface area (Å²) in [5.41, 5.74) is 2.63. The van der Waals surface area contributed by atoms with E-state index in [1.54, 1.807) is 0 Å². The van der Waals surface area contributed by atoms with Crippen molar-refractivity contribution in [2.24, 2.45) is 0 Å². The van der Waals surface area contributed by atoms with E-state index >= 15 is 0 Å². The highest BCUT2D eigenvalue weighted by atomic mass is 79.9. The number of fused-ring (bicyclic) bond motifs is 3. The van der Waals surface area contributed by atoms with Crippen LogP contribution in [0.1, 0.15) is 16.0 Å². The molecule has 3 rings (SSSR count). The van der Waals surface area contributed by atoms with Gasteiger partial charge in [-0.3, -0.25) is 0 Å². The molecule has 0 saturated carbocycles. The van der Waals surface area contributed by atoms with E-state index in [0.717, 1.165) is 23.4 Å². The van der Waals surface area contributed by atoms with Gasteiger partial charge in [-0.2, -0.15) is 0 Å². The second-order valence-corrected chi connectivity index (χ2v) is 5.78. The molecule has 0 aromatic heterocycles. The van der Waals surface area contributed by atoms with E-state index in [-0.39, 0.29) is 4.83 Å². The van der Waals surface area contributed by atoms with Gasteiger partial charge < -0.3 is 4.74 Å². The summed E-state index contributed by atoms with van der Waals surface area (Å²) in [7, 11) is 0. The first-order valence-corrected chi connectivity index (χ1v) is 6.98. The molecule has 0 bridgehead atoms. The average Bonchev–Trinajstić information content (AvgIpc) is 2.53. The fourth-order valence-corrected chi connectivity index (χ4v) is 3.30. The molecule has 88 valence electrons. The molecule has 0 N–H and O–H groups in total. The molecule has 1 aliphatic heterocycles. The summed E-state index contributed by atoms with van der Waals surface area (Å²) in [5, 5.41) is 3.21. The van der Waals surface area contributed by atoms with Gasteiger partial charge >= 0.3 is 0 Å². The molecule has 2 aromatic rings. The molecule has 1 unspecified atom stereocenters. The second-order valence-electron chi connectivity index (χ2n) is 4.26. The van der Waals surface area contributed by atoms with Crippen molar-refractivity contribution < 1.29 is 4.74 Å². The molecule has 0 fully saturated rings. The molecule has 0 radical (unpaired) electrons. The van der Waals surface area contributed by atoms with Gasteiger partial charge in [-0.05, 0) is 29.0 Å². The monoisotopic (exact) mass is 310 g/mol. The Labute approximate surface area is 114 Å². The Bertz CT molecular complexity index is 567. The molecule has 0 spiro atoms. The zero-order chi connectivity index (χ0) is 11.8. The van der Waals surface area contributed by atoms with Crippen LogP contribution in [-0.4, -0.2) is 13.2 Å². The number of rotatable bonds is 0. The smallest absolute Gasteiger partial charge is 0.0632 e. The van der Waals surface area contributed by atoms with Crippen LogP contribution in [0.15, 0.2) is 30.3 Å².